The van der Waals surface area contributed by atoms with Crippen LogP contribution in [0.15, 0.2) is 42.7 Å². The zero-order valence-electron chi connectivity index (χ0n) is 14.6. The monoisotopic (exact) mass is 327 g/mol. The maximum Gasteiger partial charge on any atom is 0.225 e. The van der Waals surface area contributed by atoms with E-state index in [0.717, 1.165) is 11.1 Å². The number of carbonyl (C=O) groups is 1. The third-order valence-corrected chi connectivity index (χ3v) is 4.60. The van der Waals surface area contributed by atoms with Gasteiger partial charge in [0.2, 0.25) is 5.91 Å². The molecule has 0 N–H and O–H groups in total. The first-order chi connectivity index (χ1) is 11.6. The van der Waals surface area contributed by atoms with Crippen molar-refractivity contribution >= 4 is 5.91 Å². The van der Waals surface area contributed by atoms with E-state index < -0.39 is 0 Å². The number of rotatable bonds is 4. The largest absolute Gasteiger partial charge is 0.369 e. The Balaban J connectivity index is 1.69. The van der Waals surface area contributed by atoms with Crippen molar-refractivity contribution in [3.63, 3.8) is 0 Å². The van der Waals surface area contributed by atoms with Gasteiger partial charge >= 0.3 is 0 Å². The molecule has 0 spiro atoms. The van der Waals surface area contributed by atoms with Crippen LogP contribution in [0, 0.1) is 6.92 Å². The number of ether oxygens (including phenoxy) is 1. The minimum atomic E-state index is -0.0710. The van der Waals surface area contributed by atoms with Crippen molar-refractivity contribution in [3.8, 4) is 0 Å². The fourth-order valence-electron chi connectivity index (χ4n) is 3.43. The average Bonchev–Trinajstić information content (AvgIpc) is 2.99. The first-order valence-electron chi connectivity index (χ1n) is 8.53. The van der Waals surface area contributed by atoms with Gasteiger partial charge in [0, 0.05) is 19.2 Å². The molecule has 1 fully saturated rings. The van der Waals surface area contributed by atoms with E-state index in [4.69, 9.17) is 4.74 Å². The molecule has 2 aromatic rings. The summed E-state index contributed by atoms with van der Waals surface area (Å²) < 4.78 is 7.85. The Kier molecular flexibility index (Phi) is 5.00. The van der Waals surface area contributed by atoms with E-state index in [2.05, 4.69) is 24.2 Å². The molecule has 1 amide bonds. The van der Waals surface area contributed by atoms with Crippen LogP contribution in [0.25, 0.3) is 0 Å². The molecule has 128 valence electrons. The van der Waals surface area contributed by atoms with Crippen LogP contribution in [-0.2, 0) is 16.1 Å². The number of aryl methyl sites for hydroxylation is 2. The van der Waals surface area contributed by atoms with Crippen LogP contribution in [0.5, 0.6) is 0 Å². The minimum absolute atomic E-state index is 0.0167. The molecule has 3 rings (SSSR count). The molecule has 2 heterocycles. The number of hydrogen-bond acceptors (Lipinski definition) is 3. The standard InChI is InChI=1S/C19H25N3O2/c1-14-11-20-21(12-14)10-9-18(23)22-15(2)13-24-19(16(22)3)17-7-5-4-6-8-17/h4-8,11-12,15-16,19H,9-10,13H2,1-3H3. The summed E-state index contributed by atoms with van der Waals surface area (Å²) in [6, 6.07) is 10.2. The third-order valence-electron chi connectivity index (χ3n) is 4.60. The number of carbonyl (C=O) groups excluding carboxylic acids is 1. The summed E-state index contributed by atoms with van der Waals surface area (Å²) in [4.78, 5) is 14.8. The Morgan fingerprint density at radius 2 is 2.04 bits per heavy atom. The van der Waals surface area contributed by atoms with Gasteiger partial charge in [-0.3, -0.25) is 9.48 Å². The van der Waals surface area contributed by atoms with Gasteiger partial charge in [0.25, 0.3) is 0 Å². The lowest BCUT2D eigenvalue weighted by atomic mass is 9.98. The van der Waals surface area contributed by atoms with Crippen LogP contribution in [0.2, 0.25) is 0 Å². The van der Waals surface area contributed by atoms with Crippen LogP contribution in [0.1, 0.15) is 37.5 Å². The van der Waals surface area contributed by atoms with Gasteiger partial charge in [-0.1, -0.05) is 30.3 Å². The molecule has 1 saturated heterocycles. The first kappa shape index (κ1) is 16.7. The van der Waals surface area contributed by atoms with Gasteiger partial charge in [0.05, 0.1) is 24.9 Å². The highest BCUT2D eigenvalue weighted by molar-refractivity contribution is 5.77. The molecule has 0 radical (unpaired) electrons. The number of aromatic nitrogens is 2. The molecule has 1 aromatic heterocycles. The van der Waals surface area contributed by atoms with Gasteiger partial charge in [-0.05, 0) is 31.9 Å². The third kappa shape index (κ3) is 3.51. The molecule has 1 aliphatic heterocycles. The fraction of sp³-hybridized carbons (Fsp3) is 0.474. The Labute approximate surface area is 143 Å². The SMILES string of the molecule is Cc1cnn(CCC(=O)N2C(C)COC(c3ccccc3)C2C)c1. The summed E-state index contributed by atoms with van der Waals surface area (Å²) >= 11 is 0. The molecule has 24 heavy (non-hydrogen) atoms. The van der Waals surface area contributed by atoms with Crippen LogP contribution in [0.3, 0.4) is 0 Å². The smallest absolute Gasteiger partial charge is 0.225 e. The predicted molar refractivity (Wildman–Crippen MR) is 92.5 cm³/mol. The van der Waals surface area contributed by atoms with Crippen LogP contribution in [0.4, 0.5) is 0 Å². The maximum absolute atomic E-state index is 12.8. The van der Waals surface area contributed by atoms with Gasteiger partial charge in [0.1, 0.15) is 6.10 Å². The van der Waals surface area contributed by atoms with Crippen molar-refractivity contribution in [3.05, 3.63) is 53.9 Å². The van der Waals surface area contributed by atoms with Gasteiger partial charge in [-0.2, -0.15) is 5.10 Å². The molecular weight excluding hydrogens is 302 g/mol. The predicted octanol–water partition coefficient (Wildman–Crippen LogP) is 2.96. The maximum atomic E-state index is 12.8. The number of nitrogens with zero attached hydrogens (tertiary/aromatic N) is 3. The second-order valence-corrected chi connectivity index (χ2v) is 6.59. The molecule has 0 bridgehead atoms. The van der Waals surface area contributed by atoms with Crippen molar-refractivity contribution in [2.45, 2.75) is 51.9 Å². The lowest BCUT2D eigenvalue weighted by Gasteiger charge is -2.44. The van der Waals surface area contributed by atoms with Gasteiger partial charge in [0.15, 0.2) is 0 Å². The van der Waals surface area contributed by atoms with Crippen molar-refractivity contribution in [1.29, 1.82) is 0 Å². The van der Waals surface area contributed by atoms with E-state index in [1.165, 1.54) is 0 Å². The van der Waals surface area contributed by atoms with E-state index in [0.29, 0.717) is 19.6 Å². The molecule has 5 nitrogen and oxygen atoms in total. The van der Waals surface area contributed by atoms with E-state index in [1.54, 1.807) is 0 Å². The number of amides is 1. The van der Waals surface area contributed by atoms with Gasteiger partial charge in [-0.25, -0.2) is 0 Å². The first-order valence-corrected chi connectivity index (χ1v) is 8.53. The summed E-state index contributed by atoms with van der Waals surface area (Å²) in [6.07, 6.45) is 4.16. The summed E-state index contributed by atoms with van der Waals surface area (Å²) in [5.41, 5.74) is 2.23. The number of benzene rings is 1. The molecule has 1 aromatic carbocycles. The van der Waals surface area contributed by atoms with Crippen molar-refractivity contribution < 1.29 is 9.53 Å². The summed E-state index contributed by atoms with van der Waals surface area (Å²) in [5, 5.41) is 4.25. The molecule has 3 atom stereocenters. The van der Waals surface area contributed by atoms with Crippen molar-refractivity contribution in [1.82, 2.24) is 14.7 Å². The molecule has 0 saturated carbocycles. The summed E-state index contributed by atoms with van der Waals surface area (Å²) in [6.45, 7) is 7.30. The van der Waals surface area contributed by atoms with E-state index in [9.17, 15) is 4.79 Å². The molecule has 3 unspecified atom stereocenters. The van der Waals surface area contributed by atoms with E-state index >= 15 is 0 Å². The van der Waals surface area contributed by atoms with E-state index in [1.807, 2.05) is 54.0 Å². The average molecular weight is 327 g/mol. The summed E-state index contributed by atoms with van der Waals surface area (Å²) in [5.74, 6) is 0.160. The Morgan fingerprint density at radius 3 is 2.71 bits per heavy atom. The Morgan fingerprint density at radius 1 is 1.29 bits per heavy atom. The highest BCUT2D eigenvalue weighted by Crippen LogP contribution is 2.31. The van der Waals surface area contributed by atoms with E-state index in [-0.39, 0.29) is 24.1 Å². The topological polar surface area (TPSA) is 47.4 Å². The van der Waals surface area contributed by atoms with Gasteiger partial charge < -0.3 is 9.64 Å². The second kappa shape index (κ2) is 7.18. The Bertz CT molecular complexity index is 683. The number of morpholine rings is 1. The molecule has 1 aliphatic rings. The normalized spacial score (nSPS) is 24.1. The molecule has 0 aliphatic carbocycles. The van der Waals surface area contributed by atoms with Gasteiger partial charge in [-0.15, -0.1) is 0 Å². The van der Waals surface area contributed by atoms with Crippen LogP contribution in [-0.4, -0.2) is 39.3 Å². The summed E-state index contributed by atoms with van der Waals surface area (Å²) in [7, 11) is 0. The lowest BCUT2D eigenvalue weighted by Crippen LogP contribution is -2.53. The zero-order chi connectivity index (χ0) is 17.1. The minimum Gasteiger partial charge on any atom is -0.369 e. The fourth-order valence-corrected chi connectivity index (χ4v) is 3.43. The van der Waals surface area contributed by atoms with Crippen LogP contribution < -0.4 is 0 Å². The lowest BCUT2D eigenvalue weighted by molar-refractivity contribution is -0.153. The quantitative estimate of drug-likeness (QED) is 0.867. The zero-order valence-corrected chi connectivity index (χ0v) is 14.6. The van der Waals surface area contributed by atoms with Crippen LogP contribution >= 0.6 is 0 Å². The van der Waals surface area contributed by atoms with Crippen molar-refractivity contribution in [2.75, 3.05) is 6.61 Å². The number of hydrogen-bond donors (Lipinski definition) is 0. The molecular formula is C19H25N3O2. The highest BCUT2D eigenvalue weighted by Gasteiger charge is 2.36. The molecule has 5 heteroatoms. The van der Waals surface area contributed by atoms with Crippen molar-refractivity contribution in [2.24, 2.45) is 0 Å². The Hall–Kier alpha value is -2.14. The highest BCUT2D eigenvalue weighted by atomic mass is 16.5. The second-order valence-electron chi connectivity index (χ2n) is 6.59.